The molecule has 1 aliphatic rings. The van der Waals surface area contributed by atoms with Crippen LogP contribution in [0.1, 0.15) is 30.0 Å². The maximum Gasteiger partial charge on any atom is 0.272 e. The van der Waals surface area contributed by atoms with E-state index in [0.717, 1.165) is 12.8 Å². The maximum absolute atomic E-state index is 11.6. The first-order valence-corrected chi connectivity index (χ1v) is 4.50. The fraction of sp³-hybridized carbons (Fsp3) is 0.400. The summed E-state index contributed by atoms with van der Waals surface area (Å²) >= 11 is 0. The molecule has 0 aliphatic heterocycles. The largest absolute Gasteiger partial charge is 0.506 e. The van der Waals surface area contributed by atoms with E-state index in [0.29, 0.717) is 5.56 Å². The number of hydrogen-bond acceptors (Lipinski definition) is 3. The molecule has 0 spiro atoms. The first kappa shape index (κ1) is 8.82. The maximum atomic E-state index is 11.6. The van der Waals surface area contributed by atoms with Crippen molar-refractivity contribution in [1.29, 1.82) is 5.26 Å². The Morgan fingerprint density at radius 2 is 2.29 bits per heavy atom. The monoisotopic (exact) mass is 190 g/mol. The van der Waals surface area contributed by atoms with Gasteiger partial charge in [-0.3, -0.25) is 4.79 Å². The van der Waals surface area contributed by atoms with E-state index in [1.54, 1.807) is 23.8 Å². The molecule has 0 atom stereocenters. The molecule has 2 rings (SSSR count). The van der Waals surface area contributed by atoms with Crippen molar-refractivity contribution in [3.8, 4) is 11.8 Å². The summed E-state index contributed by atoms with van der Waals surface area (Å²) < 4.78 is 1.55. The molecule has 1 aromatic heterocycles. The van der Waals surface area contributed by atoms with Crippen molar-refractivity contribution >= 4 is 0 Å². The first-order chi connectivity index (χ1) is 6.65. The Hall–Kier alpha value is -1.76. The number of pyridine rings is 1. The molecular weight excluding hydrogens is 180 g/mol. The zero-order valence-electron chi connectivity index (χ0n) is 7.82. The van der Waals surface area contributed by atoms with Gasteiger partial charge in [-0.1, -0.05) is 0 Å². The predicted octanol–water partition coefficient (Wildman–Crippen LogP) is 1.07. The molecule has 1 fully saturated rings. The Bertz CT molecular complexity index is 478. The fourth-order valence-electron chi connectivity index (χ4n) is 1.48. The smallest absolute Gasteiger partial charge is 0.272 e. The van der Waals surface area contributed by atoms with Crippen molar-refractivity contribution in [2.45, 2.75) is 25.8 Å². The zero-order valence-corrected chi connectivity index (χ0v) is 7.82. The third-order valence-electron chi connectivity index (χ3n) is 2.44. The highest BCUT2D eigenvalue weighted by atomic mass is 16.3. The van der Waals surface area contributed by atoms with E-state index in [9.17, 15) is 9.90 Å². The van der Waals surface area contributed by atoms with Gasteiger partial charge in [0.05, 0.1) is 0 Å². The van der Waals surface area contributed by atoms with Crippen LogP contribution in [0.15, 0.2) is 11.0 Å². The summed E-state index contributed by atoms with van der Waals surface area (Å²) in [4.78, 5) is 11.6. The molecule has 0 amide bonds. The van der Waals surface area contributed by atoms with E-state index < -0.39 is 0 Å². The molecule has 1 saturated carbocycles. The molecule has 0 radical (unpaired) electrons. The molecule has 14 heavy (non-hydrogen) atoms. The summed E-state index contributed by atoms with van der Waals surface area (Å²) in [7, 11) is 0. The van der Waals surface area contributed by atoms with Crippen LogP contribution in [0.25, 0.3) is 0 Å². The van der Waals surface area contributed by atoms with Gasteiger partial charge >= 0.3 is 0 Å². The van der Waals surface area contributed by atoms with Crippen molar-refractivity contribution in [2.75, 3.05) is 0 Å². The summed E-state index contributed by atoms with van der Waals surface area (Å²) in [6.07, 6.45) is 3.58. The standard InChI is InChI=1S/C10H10N2O2/c1-6-5-12(7-2-3-7)10(14)8(4-11)9(6)13/h5,7,13H,2-3H2,1H3. The summed E-state index contributed by atoms with van der Waals surface area (Å²) in [5.74, 6) is -0.186. The molecule has 0 aromatic carbocycles. The second kappa shape index (κ2) is 2.88. The zero-order chi connectivity index (χ0) is 10.3. The van der Waals surface area contributed by atoms with Crippen LogP contribution < -0.4 is 5.56 Å². The molecule has 1 N–H and O–H groups in total. The van der Waals surface area contributed by atoms with Crippen molar-refractivity contribution in [2.24, 2.45) is 0 Å². The second-order valence-electron chi connectivity index (χ2n) is 3.59. The lowest BCUT2D eigenvalue weighted by Gasteiger charge is -2.07. The van der Waals surface area contributed by atoms with Gasteiger partial charge in [0, 0.05) is 17.8 Å². The molecule has 1 aromatic rings. The van der Waals surface area contributed by atoms with Gasteiger partial charge in [-0.05, 0) is 19.8 Å². The average molecular weight is 190 g/mol. The number of aryl methyl sites for hydroxylation is 1. The van der Waals surface area contributed by atoms with Crippen LogP contribution in [0.3, 0.4) is 0 Å². The highest BCUT2D eigenvalue weighted by Crippen LogP contribution is 2.34. The molecule has 1 aliphatic carbocycles. The quantitative estimate of drug-likeness (QED) is 0.720. The van der Waals surface area contributed by atoms with Gasteiger partial charge in [-0.2, -0.15) is 5.26 Å². The molecule has 72 valence electrons. The minimum absolute atomic E-state index is 0.142. The topological polar surface area (TPSA) is 66.0 Å². The fourth-order valence-corrected chi connectivity index (χ4v) is 1.48. The van der Waals surface area contributed by atoms with Crippen LogP contribution >= 0.6 is 0 Å². The SMILES string of the molecule is Cc1cn(C2CC2)c(=O)c(C#N)c1O. The molecule has 0 saturated heterocycles. The number of nitriles is 1. The average Bonchev–Trinajstić information content (AvgIpc) is 2.96. The summed E-state index contributed by atoms with van der Waals surface area (Å²) in [5, 5.41) is 18.2. The van der Waals surface area contributed by atoms with E-state index in [2.05, 4.69) is 0 Å². The molecule has 0 unspecified atom stereocenters. The van der Waals surface area contributed by atoms with E-state index in [1.807, 2.05) is 0 Å². The van der Waals surface area contributed by atoms with Gasteiger partial charge in [-0.15, -0.1) is 0 Å². The van der Waals surface area contributed by atoms with E-state index >= 15 is 0 Å². The number of rotatable bonds is 1. The van der Waals surface area contributed by atoms with Crippen molar-refractivity contribution in [1.82, 2.24) is 4.57 Å². The summed E-state index contributed by atoms with van der Waals surface area (Å²) in [5.41, 5.74) is 0.0584. The van der Waals surface area contributed by atoms with Crippen LogP contribution in [0.2, 0.25) is 0 Å². The molecule has 1 heterocycles. The van der Waals surface area contributed by atoms with Crippen molar-refractivity contribution in [3.63, 3.8) is 0 Å². The Morgan fingerprint density at radius 3 is 2.79 bits per heavy atom. The van der Waals surface area contributed by atoms with Gasteiger partial charge in [0.25, 0.3) is 5.56 Å². The lowest BCUT2D eigenvalue weighted by atomic mass is 10.2. The highest BCUT2D eigenvalue weighted by Gasteiger charge is 2.26. The summed E-state index contributed by atoms with van der Waals surface area (Å²) in [6, 6.07) is 1.97. The van der Waals surface area contributed by atoms with Gasteiger partial charge in [0.2, 0.25) is 0 Å². The molecular formula is C10H10N2O2. The van der Waals surface area contributed by atoms with Crippen LogP contribution in [-0.4, -0.2) is 9.67 Å². The Kier molecular flexibility index (Phi) is 1.81. The number of nitrogens with zero attached hydrogens (tertiary/aromatic N) is 2. The summed E-state index contributed by atoms with van der Waals surface area (Å²) in [6.45, 7) is 1.69. The van der Waals surface area contributed by atoms with E-state index in [1.165, 1.54) is 0 Å². The second-order valence-corrected chi connectivity index (χ2v) is 3.59. The van der Waals surface area contributed by atoms with Gasteiger partial charge in [-0.25, -0.2) is 0 Å². The number of aromatic nitrogens is 1. The minimum atomic E-state index is -0.377. The van der Waals surface area contributed by atoms with E-state index in [4.69, 9.17) is 5.26 Å². The molecule has 0 bridgehead atoms. The molecule has 4 heteroatoms. The van der Waals surface area contributed by atoms with Crippen molar-refractivity contribution < 1.29 is 5.11 Å². The molecule has 4 nitrogen and oxygen atoms in total. The third kappa shape index (κ3) is 1.18. The van der Waals surface area contributed by atoms with Crippen molar-refractivity contribution in [3.05, 3.63) is 27.7 Å². The Balaban J connectivity index is 2.71. The Labute approximate surface area is 81.0 Å². The van der Waals surface area contributed by atoms with Crippen LogP contribution in [0, 0.1) is 18.3 Å². The van der Waals surface area contributed by atoms with Crippen LogP contribution in [0.4, 0.5) is 0 Å². The minimum Gasteiger partial charge on any atom is -0.506 e. The lowest BCUT2D eigenvalue weighted by Crippen LogP contribution is -2.21. The van der Waals surface area contributed by atoms with Crippen LogP contribution in [-0.2, 0) is 0 Å². The lowest BCUT2D eigenvalue weighted by molar-refractivity contribution is 0.464. The van der Waals surface area contributed by atoms with Gasteiger partial charge in [0.1, 0.15) is 11.8 Å². The van der Waals surface area contributed by atoms with Gasteiger partial charge in [0.15, 0.2) is 5.56 Å². The van der Waals surface area contributed by atoms with Crippen LogP contribution in [0.5, 0.6) is 5.75 Å². The number of hydrogen-bond donors (Lipinski definition) is 1. The number of aromatic hydroxyl groups is 1. The first-order valence-electron chi connectivity index (χ1n) is 4.50. The normalized spacial score (nSPS) is 15.1. The third-order valence-corrected chi connectivity index (χ3v) is 2.44. The van der Waals surface area contributed by atoms with Gasteiger partial charge < -0.3 is 9.67 Å². The predicted molar refractivity (Wildman–Crippen MR) is 50.1 cm³/mol. The Morgan fingerprint density at radius 1 is 1.64 bits per heavy atom. The van der Waals surface area contributed by atoms with E-state index in [-0.39, 0.29) is 22.9 Å². The highest BCUT2D eigenvalue weighted by molar-refractivity contribution is 5.44.